The number of hydrogen-bond donors (Lipinski definition) is 3. The summed E-state index contributed by atoms with van der Waals surface area (Å²) in [6, 6.07) is 7.72. The Bertz CT molecular complexity index is 1200. The van der Waals surface area contributed by atoms with Gasteiger partial charge in [0.1, 0.15) is 12.2 Å². The number of rotatable bonds is 6. The molecule has 1 saturated heterocycles. The molecule has 0 aliphatic carbocycles. The zero-order valence-electron chi connectivity index (χ0n) is 18.3. The van der Waals surface area contributed by atoms with E-state index in [1.807, 2.05) is 31.2 Å². The zero-order chi connectivity index (χ0) is 23.5. The molecule has 3 heterocycles. The van der Waals surface area contributed by atoms with E-state index in [9.17, 15) is 15.0 Å². The number of aliphatic hydroxyl groups is 2. The van der Waals surface area contributed by atoms with Gasteiger partial charge < -0.3 is 19.8 Å². The van der Waals surface area contributed by atoms with Crippen molar-refractivity contribution in [3.05, 3.63) is 47.5 Å². The molecular weight excluding hydrogens is 428 g/mol. The van der Waals surface area contributed by atoms with Gasteiger partial charge in [-0.3, -0.25) is 14.2 Å². The number of benzene rings is 1. The molecule has 0 spiro atoms. The fraction of sp³-hybridized carbons (Fsp3) is 0.364. The number of fused-ring (bicyclic) bond motifs is 1. The molecule has 0 radical (unpaired) electrons. The normalized spacial score (nSPS) is 22.1. The Balaban J connectivity index is 1.74. The number of nitrogens with one attached hydrogen (secondary N) is 1. The molecule has 3 aromatic rings. The van der Waals surface area contributed by atoms with Crippen molar-refractivity contribution in [3.63, 3.8) is 0 Å². The number of aliphatic hydroxyl groups excluding tert-OH is 2. The Morgan fingerprint density at radius 2 is 2.00 bits per heavy atom. The Kier molecular flexibility index (Phi) is 6.52. The minimum Gasteiger partial charge on any atom is -0.385 e. The highest BCUT2D eigenvalue weighted by molar-refractivity contribution is 5.83. The molecule has 11 nitrogen and oxygen atoms in total. The van der Waals surface area contributed by atoms with Gasteiger partial charge in [-0.1, -0.05) is 23.6 Å². The van der Waals surface area contributed by atoms with E-state index >= 15 is 0 Å². The van der Waals surface area contributed by atoms with Gasteiger partial charge >= 0.3 is 0 Å². The van der Waals surface area contributed by atoms with E-state index in [2.05, 4.69) is 32.3 Å². The molecule has 3 N–H and O–H groups in total. The van der Waals surface area contributed by atoms with E-state index in [0.29, 0.717) is 24.1 Å². The second-order valence-electron chi connectivity index (χ2n) is 7.48. The molecule has 1 aliphatic heterocycles. The number of nitrogens with zero attached hydrogens (tertiary/aromatic N) is 5. The fourth-order valence-electron chi connectivity index (χ4n) is 3.55. The standard InChI is InChI=1S/C22H24N6O5/c1-4-27(12-29)21-17(30)18(31)22(33-21)28-11-23-16-19(26-32-3)24-15(25-20(16)28)10-9-14-7-5-13(2)6-8-14/h5-8,11-12,17-18,21-22,30-31H,4H2,1-3H3,(H,24,25,26)/t17-,18+,21-,22+/m0/s1. The lowest BCUT2D eigenvalue weighted by molar-refractivity contribution is -0.141. The first-order valence-corrected chi connectivity index (χ1v) is 10.3. The highest BCUT2D eigenvalue weighted by Gasteiger charge is 2.46. The summed E-state index contributed by atoms with van der Waals surface area (Å²) in [4.78, 5) is 30.8. The van der Waals surface area contributed by atoms with Crippen LogP contribution in [0.1, 0.15) is 30.1 Å². The van der Waals surface area contributed by atoms with Crippen molar-refractivity contribution >= 4 is 23.4 Å². The first kappa shape index (κ1) is 22.6. The van der Waals surface area contributed by atoms with Crippen molar-refractivity contribution in [1.82, 2.24) is 24.4 Å². The van der Waals surface area contributed by atoms with Crippen LogP contribution in [-0.4, -0.2) is 73.1 Å². The molecule has 1 fully saturated rings. The van der Waals surface area contributed by atoms with Crippen molar-refractivity contribution in [1.29, 1.82) is 0 Å². The molecule has 1 aromatic carbocycles. The lowest BCUT2D eigenvalue weighted by atomic mass is 10.1. The van der Waals surface area contributed by atoms with Crippen LogP contribution in [0.2, 0.25) is 0 Å². The van der Waals surface area contributed by atoms with Gasteiger partial charge in [-0.05, 0) is 31.9 Å². The predicted molar refractivity (Wildman–Crippen MR) is 117 cm³/mol. The second-order valence-corrected chi connectivity index (χ2v) is 7.48. The van der Waals surface area contributed by atoms with E-state index in [-0.39, 0.29) is 11.6 Å². The van der Waals surface area contributed by atoms with Gasteiger partial charge in [0.2, 0.25) is 12.2 Å². The van der Waals surface area contributed by atoms with Crippen molar-refractivity contribution in [2.24, 2.45) is 0 Å². The van der Waals surface area contributed by atoms with E-state index in [1.54, 1.807) is 6.92 Å². The van der Waals surface area contributed by atoms with Crippen LogP contribution in [-0.2, 0) is 14.4 Å². The number of carbonyl (C=O) groups excluding carboxylic acids is 1. The Labute approximate surface area is 189 Å². The molecule has 2 aromatic heterocycles. The first-order chi connectivity index (χ1) is 16.0. The van der Waals surface area contributed by atoms with Crippen molar-refractivity contribution < 1.29 is 24.6 Å². The highest BCUT2D eigenvalue weighted by Crippen LogP contribution is 2.33. The lowest BCUT2D eigenvalue weighted by Gasteiger charge is -2.25. The number of carbonyl (C=O) groups is 1. The van der Waals surface area contributed by atoms with Crippen LogP contribution in [0.15, 0.2) is 30.6 Å². The monoisotopic (exact) mass is 452 g/mol. The molecule has 11 heteroatoms. The molecule has 1 amide bonds. The van der Waals surface area contributed by atoms with Crippen LogP contribution >= 0.6 is 0 Å². The summed E-state index contributed by atoms with van der Waals surface area (Å²) in [6.45, 7) is 4.04. The van der Waals surface area contributed by atoms with Crippen molar-refractivity contribution in [3.8, 4) is 11.8 Å². The number of amides is 1. The molecule has 0 bridgehead atoms. The summed E-state index contributed by atoms with van der Waals surface area (Å²) in [5.74, 6) is 6.42. The van der Waals surface area contributed by atoms with E-state index in [0.717, 1.165) is 11.1 Å². The van der Waals surface area contributed by atoms with Crippen LogP contribution in [0, 0.1) is 18.8 Å². The predicted octanol–water partition coefficient (Wildman–Crippen LogP) is 0.563. The second kappa shape index (κ2) is 9.51. The Hall–Kier alpha value is -3.56. The number of hydrogen-bond acceptors (Lipinski definition) is 9. The molecule has 0 unspecified atom stereocenters. The van der Waals surface area contributed by atoms with Crippen LogP contribution in [0.4, 0.5) is 5.82 Å². The number of anilines is 1. The average molecular weight is 452 g/mol. The summed E-state index contributed by atoms with van der Waals surface area (Å²) in [5.41, 5.74) is 5.25. The maximum absolute atomic E-state index is 11.3. The lowest BCUT2D eigenvalue weighted by Crippen LogP contribution is -2.43. The molecule has 1 aliphatic rings. The van der Waals surface area contributed by atoms with Gasteiger partial charge in [-0.2, -0.15) is 4.98 Å². The third kappa shape index (κ3) is 4.37. The van der Waals surface area contributed by atoms with Gasteiger partial charge in [0.25, 0.3) is 0 Å². The number of aryl methyl sites for hydroxylation is 1. The van der Waals surface area contributed by atoms with Gasteiger partial charge in [0.15, 0.2) is 29.4 Å². The van der Waals surface area contributed by atoms with Crippen LogP contribution in [0.5, 0.6) is 0 Å². The van der Waals surface area contributed by atoms with E-state index in [4.69, 9.17) is 9.57 Å². The Morgan fingerprint density at radius 3 is 2.67 bits per heavy atom. The van der Waals surface area contributed by atoms with E-state index < -0.39 is 24.7 Å². The van der Waals surface area contributed by atoms with Crippen LogP contribution in [0.3, 0.4) is 0 Å². The third-order valence-electron chi connectivity index (χ3n) is 5.31. The van der Waals surface area contributed by atoms with Gasteiger partial charge in [-0.15, -0.1) is 0 Å². The van der Waals surface area contributed by atoms with Crippen LogP contribution in [0.25, 0.3) is 11.2 Å². The molecule has 172 valence electrons. The molecule has 4 atom stereocenters. The van der Waals surface area contributed by atoms with Crippen LogP contribution < -0.4 is 5.48 Å². The largest absolute Gasteiger partial charge is 0.385 e. The third-order valence-corrected chi connectivity index (χ3v) is 5.31. The first-order valence-electron chi connectivity index (χ1n) is 10.3. The SMILES string of the molecule is CCN(C=O)[C@H]1O[C@@H](n2cnc3c(NOC)nc(C#Cc4ccc(C)cc4)nc32)[C@H](O)[C@@H]1O. The Morgan fingerprint density at radius 1 is 1.24 bits per heavy atom. The summed E-state index contributed by atoms with van der Waals surface area (Å²) < 4.78 is 7.31. The van der Waals surface area contributed by atoms with Crippen molar-refractivity contribution in [2.75, 3.05) is 19.1 Å². The minimum atomic E-state index is -1.32. The molecule has 0 saturated carbocycles. The van der Waals surface area contributed by atoms with E-state index in [1.165, 1.54) is 22.9 Å². The smallest absolute Gasteiger partial charge is 0.211 e. The quantitative estimate of drug-likeness (QED) is 0.279. The summed E-state index contributed by atoms with van der Waals surface area (Å²) >= 11 is 0. The van der Waals surface area contributed by atoms with Gasteiger partial charge in [-0.25, -0.2) is 15.4 Å². The zero-order valence-corrected chi connectivity index (χ0v) is 18.3. The minimum absolute atomic E-state index is 0.192. The van der Waals surface area contributed by atoms with Gasteiger partial charge in [0, 0.05) is 12.1 Å². The fourth-order valence-corrected chi connectivity index (χ4v) is 3.55. The molecular formula is C22H24N6O5. The number of aromatic nitrogens is 4. The number of likely N-dealkylation sites (N-methyl/N-ethyl adjacent to an activating group) is 1. The van der Waals surface area contributed by atoms with Gasteiger partial charge in [0.05, 0.1) is 13.4 Å². The maximum atomic E-state index is 11.3. The molecule has 33 heavy (non-hydrogen) atoms. The van der Waals surface area contributed by atoms with Crippen molar-refractivity contribution in [2.45, 2.75) is 38.5 Å². The summed E-state index contributed by atoms with van der Waals surface area (Å²) in [5, 5.41) is 21.1. The number of ether oxygens (including phenoxy) is 1. The maximum Gasteiger partial charge on any atom is 0.211 e. The highest BCUT2D eigenvalue weighted by atomic mass is 16.6. The molecule has 4 rings (SSSR count). The average Bonchev–Trinajstić information content (AvgIpc) is 3.36. The number of imidazole rings is 1. The summed E-state index contributed by atoms with van der Waals surface area (Å²) in [7, 11) is 1.44. The topological polar surface area (TPSA) is 135 Å². The summed E-state index contributed by atoms with van der Waals surface area (Å²) in [6.07, 6.45) is -2.70.